The van der Waals surface area contributed by atoms with Crippen molar-refractivity contribution in [1.82, 2.24) is 9.62 Å². The normalized spacial score (nSPS) is 20.4. The van der Waals surface area contributed by atoms with Gasteiger partial charge < -0.3 is 9.64 Å². The standard InChI is InChI=1S/C15H24N2O3S/c1-12-6-7-15(14(9-12)20-3)21(18,19)16-10-13-5-4-8-17(2)11-13/h6-7,9,13,16H,4-5,8,10-11H2,1-3H3/t13-/m0/s1. The van der Waals surface area contributed by atoms with E-state index < -0.39 is 10.0 Å². The lowest BCUT2D eigenvalue weighted by Crippen LogP contribution is -2.39. The molecule has 0 aromatic heterocycles. The van der Waals surface area contributed by atoms with E-state index in [0.29, 0.717) is 18.2 Å². The number of sulfonamides is 1. The molecule has 1 heterocycles. The molecular weight excluding hydrogens is 288 g/mol. The van der Waals surface area contributed by atoms with Gasteiger partial charge in [-0.15, -0.1) is 0 Å². The molecule has 21 heavy (non-hydrogen) atoms. The van der Waals surface area contributed by atoms with Crippen molar-refractivity contribution in [2.45, 2.75) is 24.7 Å². The topological polar surface area (TPSA) is 58.6 Å². The van der Waals surface area contributed by atoms with Crippen LogP contribution in [-0.4, -0.2) is 47.1 Å². The fourth-order valence-corrected chi connectivity index (χ4v) is 4.01. The van der Waals surface area contributed by atoms with E-state index >= 15 is 0 Å². The Morgan fingerprint density at radius 1 is 1.43 bits per heavy atom. The highest BCUT2D eigenvalue weighted by Gasteiger charge is 2.23. The highest BCUT2D eigenvalue weighted by molar-refractivity contribution is 7.89. The molecule has 0 spiro atoms. The van der Waals surface area contributed by atoms with Crippen molar-refractivity contribution < 1.29 is 13.2 Å². The molecule has 0 saturated carbocycles. The lowest BCUT2D eigenvalue weighted by molar-refractivity contribution is 0.211. The average molecular weight is 312 g/mol. The molecule has 0 radical (unpaired) electrons. The minimum absolute atomic E-state index is 0.208. The van der Waals surface area contributed by atoms with Crippen molar-refractivity contribution in [3.63, 3.8) is 0 Å². The summed E-state index contributed by atoms with van der Waals surface area (Å²) >= 11 is 0. The van der Waals surface area contributed by atoms with Crippen LogP contribution >= 0.6 is 0 Å². The molecule has 1 aliphatic rings. The molecule has 1 fully saturated rings. The monoisotopic (exact) mass is 312 g/mol. The van der Waals surface area contributed by atoms with E-state index in [0.717, 1.165) is 31.5 Å². The first-order chi connectivity index (χ1) is 9.92. The van der Waals surface area contributed by atoms with Crippen LogP contribution in [0, 0.1) is 12.8 Å². The minimum atomic E-state index is -3.53. The molecule has 0 amide bonds. The van der Waals surface area contributed by atoms with Crippen LogP contribution in [0.15, 0.2) is 23.1 Å². The number of likely N-dealkylation sites (tertiary alicyclic amines) is 1. The molecule has 5 nitrogen and oxygen atoms in total. The third-order valence-electron chi connectivity index (χ3n) is 3.89. The number of ether oxygens (including phenoxy) is 1. The minimum Gasteiger partial charge on any atom is -0.495 e. The Labute approximate surface area is 127 Å². The molecule has 0 unspecified atom stereocenters. The van der Waals surface area contributed by atoms with Crippen LogP contribution in [0.4, 0.5) is 0 Å². The maximum absolute atomic E-state index is 12.4. The first-order valence-corrected chi connectivity index (χ1v) is 8.73. The van der Waals surface area contributed by atoms with Crippen LogP contribution in [0.3, 0.4) is 0 Å². The predicted octanol–water partition coefficient (Wildman–Crippen LogP) is 1.62. The summed E-state index contributed by atoms with van der Waals surface area (Å²) in [4.78, 5) is 2.45. The van der Waals surface area contributed by atoms with E-state index in [1.165, 1.54) is 7.11 Å². The van der Waals surface area contributed by atoms with Gasteiger partial charge in [0, 0.05) is 13.1 Å². The molecule has 0 bridgehead atoms. The van der Waals surface area contributed by atoms with Crippen LogP contribution in [-0.2, 0) is 10.0 Å². The summed E-state index contributed by atoms with van der Waals surface area (Å²) in [6.07, 6.45) is 2.19. The second kappa shape index (κ2) is 6.77. The number of nitrogens with one attached hydrogen (secondary N) is 1. The van der Waals surface area contributed by atoms with Crippen molar-refractivity contribution in [1.29, 1.82) is 0 Å². The van der Waals surface area contributed by atoms with Crippen LogP contribution < -0.4 is 9.46 Å². The first kappa shape index (κ1) is 16.3. The number of benzene rings is 1. The predicted molar refractivity (Wildman–Crippen MR) is 83.1 cm³/mol. The maximum atomic E-state index is 12.4. The van der Waals surface area contributed by atoms with Crippen LogP contribution in [0.1, 0.15) is 18.4 Å². The maximum Gasteiger partial charge on any atom is 0.244 e. The largest absolute Gasteiger partial charge is 0.495 e. The van der Waals surface area contributed by atoms with Gasteiger partial charge in [0.2, 0.25) is 10.0 Å². The molecule has 1 N–H and O–H groups in total. The third kappa shape index (κ3) is 4.18. The molecule has 0 aliphatic carbocycles. The Kier molecular flexibility index (Phi) is 5.24. The van der Waals surface area contributed by atoms with Crippen molar-refractivity contribution in [2.24, 2.45) is 5.92 Å². The van der Waals surface area contributed by atoms with Gasteiger partial charge in [0.15, 0.2) is 0 Å². The Morgan fingerprint density at radius 3 is 2.86 bits per heavy atom. The number of methoxy groups -OCH3 is 1. The van der Waals surface area contributed by atoms with Gasteiger partial charge in [-0.1, -0.05) is 6.07 Å². The van der Waals surface area contributed by atoms with Crippen molar-refractivity contribution in [3.05, 3.63) is 23.8 Å². The first-order valence-electron chi connectivity index (χ1n) is 7.25. The Bertz CT molecular complexity index is 587. The zero-order valence-electron chi connectivity index (χ0n) is 12.9. The van der Waals surface area contributed by atoms with Gasteiger partial charge >= 0.3 is 0 Å². The average Bonchev–Trinajstić information content (AvgIpc) is 2.45. The quantitative estimate of drug-likeness (QED) is 0.898. The van der Waals surface area contributed by atoms with Gasteiger partial charge in [-0.25, -0.2) is 13.1 Å². The lowest BCUT2D eigenvalue weighted by Gasteiger charge is -2.29. The second-order valence-corrected chi connectivity index (χ2v) is 7.51. The van der Waals surface area contributed by atoms with Gasteiger partial charge in [0.25, 0.3) is 0 Å². The van der Waals surface area contributed by atoms with Gasteiger partial charge in [-0.2, -0.15) is 0 Å². The number of rotatable bonds is 5. The molecule has 1 aliphatic heterocycles. The SMILES string of the molecule is COc1cc(C)ccc1S(=O)(=O)NC[C@@H]1CCCN(C)C1. The molecular formula is C15H24N2O3S. The lowest BCUT2D eigenvalue weighted by atomic mass is 9.99. The molecule has 1 saturated heterocycles. The summed E-state index contributed by atoms with van der Waals surface area (Å²) in [6, 6.07) is 5.12. The molecule has 1 atom stereocenters. The zero-order valence-corrected chi connectivity index (χ0v) is 13.7. The van der Waals surface area contributed by atoms with E-state index in [-0.39, 0.29) is 4.90 Å². The smallest absolute Gasteiger partial charge is 0.244 e. The van der Waals surface area contributed by atoms with E-state index in [9.17, 15) is 8.42 Å². The molecule has 118 valence electrons. The second-order valence-electron chi connectivity index (χ2n) is 5.78. The number of aryl methyl sites for hydroxylation is 1. The Balaban J connectivity index is 2.08. The number of piperidine rings is 1. The summed E-state index contributed by atoms with van der Waals surface area (Å²) in [7, 11) is 0.0329. The highest BCUT2D eigenvalue weighted by Crippen LogP contribution is 2.25. The fourth-order valence-electron chi connectivity index (χ4n) is 2.74. The van der Waals surface area contributed by atoms with Crippen molar-refractivity contribution in [3.8, 4) is 5.75 Å². The fraction of sp³-hybridized carbons (Fsp3) is 0.600. The van der Waals surface area contributed by atoms with Gasteiger partial charge in [-0.05, 0) is 57.0 Å². The summed E-state index contributed by atoms with van der Waals surface area (Å²) in [6.45, 7) is 4.41. The summed E-state index contributed by atoms with van der Waals surface area (Å²) in [5.41, 5.74) is 0.972. The molecule has 2 rings (SSSR count). The Hall–Kier alpha value is -1.11. The van der Waals surface area contributed by atoms with Crippen LogP contribution in [0.2, 0.25) is 0 Å². The molecule has 1 aromatic rings. The van der Waals surface area contributed by atoms with E-state index in [2.05, 4.69) is 16.7 Å². The molecule has 6 heteroatoms. The van der Waals surface area contributed by atoms with E-state index in [1.54, 1.807) is 18.2 Å². The summed E-state index contributed by atoms with van der Waals surface area (Å²) in [5, 5.41) is 0. The van der Waals surface area contributed by atoms with Crippen molar-refractivity contribution in [2.75, 3.05) is 33.8 Å². The number of nitrogens with zero attached hydrogens (tertiary/aromatic N) is 1. The van der Waals surface area contributed by atoms with Crippen molar-refractivity contribution >= 4 is 10.0 Å². The number of hydrogen-bond acceptors (Lipinski definition) is 4. The van der Waals surface area contributed by atoms with Crippen LogP contribution in [0.5, 0.6) is 5.75 Å². The zero-order chi connectivity index (χ0) is 15.5. The summed E-state index contributed by atoms with van der Waals surface area (Å²) < 4.78 is 32.8. The molecule has 1 aromatic carbocycles. The van der Waals surface area contributed by atoms with E-state index in [1.807, 2.05) is 6.92 Å². The summed E-state index contributed by atoms with van der Waals surface area (Å²) in [5.74, 6) is 0.762. The van der Waals surface area contributed by atoms with Crippen LogP contribution in [0.25, 0.3) is 0 Å². The number of hydrogen-bond donors (Lipinski definition) is 1. The third-order valence-corrected chi connectivity index (χ3v) is 5.36. The van der Waals surface area contributed by atoms with Gasteiger partial charge in [0.05, 0.1) is 7.11 Å². The van der Waals surface area contributed by atoms with Gasteiger partial charge in [-0.3, -0.25) is 0 Å². The highest BCUT2D eigenvalue weighted by atomic mass is 32.2. The van der Waals surface area contributed by atoms with E-state index in [4.69, 9.17) is 4.74 Å². The Morgan fingerprint density at radius 2 is 2.19 bits per heavy atom. The van der Waals surface area contributed by atoms with Gasteiger partial charge in [0.1, 0.15) is 10.6 Å².